The van der Waals surface area contributed by atoms with E-state index in [0.29, 0.717) is 11.6 Å². The smallest absolute Gasteiger partial charge is 0.255 e. The second-order valence-electron chi connectivity index (χ2n) is 9.89. The zero-order valence-corrected chi connectivity index (χ0v) is 20.5. The third kappa shape index (κ3) is 5.40. The van der Waals surface area contributed by atoms with Crippen molar-refractivity contribution in [3.8, 4) is 0 Å². The lowest BCUT2D eigenvalue weighted by Crippen LogP contribution is -2.45. The molecule has 1 saturated heterocycles. The molecule has 2 aliphatic rings. The van der Waals surface area contributed by atoms with Gasteiger partial charge in [-0.05, 0) is 57.1 Å². The van der Waals surface area contributed by atoms with E-state index >= 15 is 0 Å². The van der Waals surface area contributed by atoms with Crippen LogP contribution in [-0.4, -0.2) is 57.1 Å². The molecule has 0 aromatic carbocycles. The molecule has 186 valence electrons. The lowest BCUT2D eigenvalue weighted by atomic mass is 9.91. The van der Waals surface area contributed by atoms with E-state index in [1.54, 1.807) is 18.6 Å². The molecule has 3 aromatic rings. The number of nitrogens with one attached hydrogen (secondary N) is 3. The zero-order valence-electron chi connectivity index (χ0n) is 20.5. The van der Waals surface area contributed by atoms with Crippen LogP contribution in [0.1, 0.15) is 67.9 Å². The molecule has 1 aliphatic carbocycles. The van der Waals surface area contributed by atoms with Gasteiger partial charge in [0.2, 0.25) is 5.95 Å². The lowest BCUT2D eigenvalue weighted by Gasteiger charge is -2.32. The van der Waals surface area contributed by atoms with Crippen LogP contribution in [0.4, 0.5) is 11.6 Å². The number of nitrogens with two attached hydrogens (primary N) is 1. The van der Waals surface area contributed by atoms with Gasteiger partial charge in [-0.2, -0.15) is 0 Å². The average molecular weight is 477 g/mol. The van der Waals surface area contributed by atoms with Gasteiger partial charge >= 0.3 is 0 Å². The van der Waals surface area contributed by atoms with Crippen molar-refractivity contribution in [1.82, 2.24) is 25.3 Å². The maximum Gasteiger partial charge on any atom is 0.255 e. The summed E-state index contributed by atoms with van der Waals surface area (Å²) in [5.74, 6) is 0.683. The molecule has 0 spiro atoms. The first-order valence-electron chi connectivity index (χ1n) is 13.0. The Morgan fingerprint density at radius 2 is 1.83 bits per heavy atom. The SMILES string of the molecule is CCCc1cc2c(NC3CCC(N)CC3)c(C(=O)NC3CCN(c4ncccn4)CC3)cnc2[nH]1. The van der Waals surface area contributed by atoms with Crippen LogP contribution in [0, 0.1) is 0 Å². The van der Waals surface area contributed by atoms with Gasteiger partial charge in [0.25, 0.3) is 5.91 Å². The Morgan fingerprint density at radius 3 is 2.54 bits per heavy atom. The van der Waals surface area contributed by atoms with Gasteiger partial charge in [-0.15, -0.1) is 0 Å². The Bertz CT molecular complexity index is 1130. The Hall–Kier alpha value is -3.20. The van der Waals surface area contributed by atoms with Gasteiger partial charge in [0.15, 0.2) is 0 Å². The van der Waals surface area contributed by atoms with Crippen molar-refractivity contribution in [2.75, 3.05) is 23.3 Å². The van der Waals surface area contributed by atoms with Crippen molar-refractivity contribution in [2.45, 2.75) is 76.4 Å². The molecule has 0 radical (unpaired) electrons. The first-order chi connectivity index (χ1) is 17.1. The summed E-state index contributed by atoms with van der Waals surface area (Å²) in [7, 11) is 0. The Kier molecular flexibility index (Phi) is 7.13. The van der Waals surface area contributed by atoms with E-state index in [0.717, 1.165) is 92.8 Å². The number of carbonyl (C=O) groups excluding carboxylic acids is 1. The van der Waals surface area contributed by atoms with Gasteiger partial charge in [0, 0.05) is 60.9 Å². The van der Waals surface area contributed by atoms with E-state index in [1.807, 2.05) is 6.07 Å². The fourth-order valence-electron chi connectivity index (χ4n) is 5.27. The normalized spacial score (nSPS) is 21.3. The van der Waals surface area contributed by atoms with Crippen LogP contribution in [-0.2, 0) is 6.42 Å². The highest BCUT2D eigenvalue weighted by atomic mass is 16.1. The van der Waals surface area contributed by atoms with Crippen LogP contribution in [0.2, 0.25) is 0 Å². The van der Waals surface area contributed by atoms with Gasteiger partial charge in [-0.1, -0.05) is 13.3 Å². The van der Waals surface area contributed by atoms with Crippen molar-refractivity contribution in [3.05, 3.63) is 42.0 Å². The fraction of sp³-hybridized carbons (Fsp3) is 0.538. The van der Waals surface area contributed by atoms with E-state index in [1.165, 1.54) is 0 Å². The van der Waals surface area contributed by atoms with Crippen LogP contribution < -0.4 is 21.3 Å². The monoisotopic (exact) mass is 476 g/mol. The van der Waals surface area contributed by atoms with Crippen LogP contribution in [0.5, 0.6) is 0 Å². The first-order valence-corrected chi connectivity index (χ1v) is 13.0. The van der Waals surface area contributed by atoms with Crippen LogP contribution in [0.15, 0.2) is 30.7 Å². The topological polar surface area (TPSA) is 125 Å². The molecule has 1 amide bonds. The number of nitrogens with zero attached hydrogens (tertiary/aromatic N) is 4. The van der Waals surface area contributed by atoms with E-state index in [9.17, 15) is 4.79 Å². The second-order valence-corrected chi connectivity index (χ2v) is 9.89. The molecule has 5 rings (SSSR count). The number of hydrogen-bond acceptors (Lipinski definition) is 7. The fourth-order valence-corrected chi connectivity index (χ4v) is 5.27. The van der Waals surface area contributed by atoms with Crippen molar-refractivity contribution < 1.29 is 4.79 Å². The Balaban J connectivity index is 1.33. The number of hydrogen-bond donors (Lipinski definition) is 4. The molecule has 1 aliphatic heterocycles. The highest BCUT2D eigenvalue weighted by molar-refractivity contribution is 6.07. The number of piperidine rings is 1. The minimum atomic E-state index is -0.0675. The molecule has 5 N–H and O–H groups in total. The summed E-state index contributed by atoms with van der Waals surface area (Å²) in [5.41, 5.74) is 9.61. The van der Waals surface area contributed by atoms with Gasteiger partial charge < -0.3 is 26.3 Å². The second kappa shape index (κ2) is 10.6. The number of fused-ring (bicyclic) bond motifs is 1. The molecule has 9 nitrogen and oxygen atoms in total. The summed E-state index contributed by atoms with van der Waals surface area (Å²) in [6.45, 7) is 3.80. The van der Waals surface area contributed by atoms with Crippen LogP contribution in [0.25, 0.3) is 11.0 Å². The highest BCUT2D eigenvalue weighted by Gasteiger charge is 2.26. The van der Waals surface area contributed by atoms with E-state index < -0.39 is 0 Å². The molecule has 35 heavy (non-hydrogen) atoms. The average Bonchev–Trinajstić information content (AvgIpc) is 3.30. The predicted octanol–water partition coefficient (Wildman–Crippen LogP) is 3.39. The number of pyridine rings is 1. The molecule has 0 unspecified atom stereocenters. The lowest BCUT2D eigenvalue weighted by molar-refractivity contribution is 0.0931. The number of rotatable bonds is 7. The Morgan fingerprint density at radius 1 is 1.09 bits per heavy atom. The Labute approximate surface area is 206 Å². The summed E-state index contributed by atoms with van der Waals surface area (Å²) in [6, 6.07) is 4.68. The van der Waals surface area contributed by atoms with Crippen LogP contribution >= 0.6 is 0 Å². The molecule has 9 heteroatoms. The van der Waals surface area contributed by atoms with Crippen molar-refractivity contribution in [3.63, 3.8) is 0 Å². The maximum atomic E-state index is 13.5. The van der Waals surface area contributed by atoms with Gasteiger partial charge in [0.1, 0.15) is 5.65 Å². The first kappa shape index (κ1) is 23.5. The molecule has 1 saturated carbocycles. The number of aromatic amines is 1. The number of anilines is 2. The minimum absolute atomic E-state index is 0.0675. The number of amides is 1. The predicted molar refractivity (Wildman–Crippen MR) is 139 cm³/mol. The standard InChI is InChI=1S/C26H36N8O/c1-2-4-20-15-21-23(31-18-7-5-17(27)6-8-18)22(16-30-24(21)32-20)25(35)33-19-9-13-34(14-10-19)26-28-11-3-12-29-26/h3,11-12,15-19H,2,4-10,13-14,27H2,1H3,(H,33,35)(H2,30,31,32). The molecular formula is C26H36N8O. The summed E-state index contributed by atoms with van der Waals surface area (Å²) in [5, 5.41) is 7.98. The molecule has 2 fully saturated rings. The zero-order chi connectivity index (χ0) is 24.2. The van der Waals surface area contributed by atoms with Crippen molar-refractivity contribution in [1.29, 1.82) is 0 Å². The summed E-state index contributed by atoms with van der Waals surface area (Å²) >= 11 is 0. The molecule has 0 atom stereocenters. The number of aryl methyl sites for hydroxylation is 1. The molecule has 4 heterocycles. The molecule has 0 bridgehead atoms. The largest absolute Gasteiger partial charge is 0.381 e. The van der Waals surface area contributed by atoms with E-state index in [2.05, 4.69) is 48.5 Å². The number of H-pyrrole nitrogens is 1. The van der Waals surface area contributed by atoms with Crippen molar-refractivity contribution >= 4 is 28.6 Å². The van der Waals surface area contributed by atoms with Gasteiger partial charge in [-0.25, -0.2) is 15.0 Å². The van der Waals surface area contributed by atoms with E-state index in [-0.39, 0.29) is 18.0 Å². The molecule has 3 aromatic heterocycles. The van der Waals surface area contributed by atoms with Crippen molar-refractivity contribution in [2.24, 2.45) is 5.73 Å². The van der Waals surface area contributed by atoms with Crippen LogP contribution in [0.3, 0.4) is 0 Å². The summed E-state index contributed by atoms with van der Waals surface area (Å²) in [4.78, 5) is 32.4. The quantitative estimate of drug-likeness (QED) is 0.412. The van der Waals surface area contributed by atoms with E-state index in [4.69, 9.17) is 5.73 Å². The van der Waals surface area contributed by atoms with Gasteiger partial charge in [0.05, 0.1) is 11.3 Å². The van der Waals surface area contributed by atoms with Gasteiger partial charge in [-0.3, -0.25) is 4.79 Å². The third-order valence-corrected chi connectivity index (χ3v) is 7.26. The highest BCUT2D eigenvalue weighted by Crippen LogP contribution is 2.31. The number of aromatic nitrogens is 4. The maximum absolute atomic E-state index is 13.5. The number of carbonyl (C=O) groups is 1. The summed E-state index contributed by atoms with van der Waals surface area (Å²) < 4.78 is 0. The minimum Gasteiger partial charge on any atom is -0.381 e. The third-order valence-electron chi connectivity index (χ3n) is 7.26. The molecular weight excluding hydrogens is 440 g/mol. The summed E-state index contributed by atoms with van der Waals surface area (Å²) in [6.07, 6.45) is 13.0.